The number of carboxylic acids is 1. The first kappa shape index (κ1) is 32.9. The normalized spacial score (nSPS) is 10.6. The Labute approximate surface area is 266 Å². The Morgan fingerprint density at radius 3 is 2.40 bits per heavy atom. The molecule has 0 fully saturated rings. The number of benzene rings is 3. The Morgan fingerprint density at radius 1 is 0.956 bits per heavy atom. The Kier molecular flexibility index (Phi) is 11.4. The number of likely N-dealkylation sites (N-methyl/N-ethyl adjacent to an activating group) is 1. The highest BCUT2D eigenvalue weighted by Gasteiger charge is 2.13. The molecule has 0 spiro atoms. The summed E-state index contributed by atoms with van der Waals surface area (Å²) in [4.78, 5) is 28.2. The van der Waals surface area contributed by atoms with E-state index in [9.17, 15) is 9.59 Å². The van der Waals surface area contributed by atoms with Gasteiger partial charge in [0, 0.05) is 48.5 Å². The van der Waals surface area contributed by atoms with E-state index in [-0.39, 0.29) is 0 Å². The summed E-state index contributed by atoms with van der Waals surface area (Å²) in [5.74, 6) is 0.168. The predicted octanol–water partition coefficient (Wildman–Crippen LogP) is 6.74. The van der Waals surface area contributed by atoms with Crippen molar-refractivity contribution in [1.29, 1.82) is 0 Å². The van der Waals surface area contributed by atoms with Crippen molar-refractivity contribution < 1.29 is 24.2 Å². The van der Waals surface area contributed by atoms with Crippen molar-refractivity contribution in [2.45, 2.75) is 19.9 Å². The summed E-state index contributed by atoms with van der Waals surface area (Å²) in [6.07, 6.45) is 2.11. The average molecular weight is 628 g/mol. The Hall–Kier alpha value is -5.00. The van der Waals surface area contributed by atoms with E-state index in [2.05, 4.69) is 40.5 Å². The number of carbonyl (C=O) groups excluding carboxylic acids is 1. The topological polar surface area (TPSA) is 117 Å². The number of methoxy groups -OCH3 is 1. The molecule has 2 heterocycles. The fourth-order valence-corrected chi connectivity index (χ4v) is 5.63. The summed E-state index contributed by atoms with van der Waals surface area (Å²) in [6, 6.07) is 23.3. The van der Waals surface area contributed by atoms with Gasteiger partial charge in [0.15, 0.2) is 0 Å². The Balaban J connectivity index is 0.000000440. The molecule has 0 aliphatic heterocycles. The molecule has 2 aromatic heterocycles. The maximum Gasteiger partial charge on any atom is 0.417 e. The van der Waals surface area contributed by atoms with Gasteiger partial charge in [0.25, 0.3) is 0 Å². The third-order valence-corrected chi connectivity index (χ3v) is 8.02. The van der Waals surface area contributed by atoms with E-state index < -0.39 is 12.1 Å². The number of aromatic carboxylic acids is 1. The maximum atomic E-state index is 12.5. The molecule has 0 aliphatic carbocycles. The number of hydrogen-bond acceptors (Lipinski definition) is 9. The van der Waals surface area contributed by atoms with Gasteiger partial charge in [-0.25, -0.2) is 9.59 Å². The number of amides is 1. The molecule has 2 N–H and O–H groups in total. The zero-order chi connectivity index (χ0) is 32.3. The molecule has 5 rings (SSSR count). The quantitative estimate of drug-likeness (QED) is 0.174. The molecular weight excluding hydrogens is 590 g/mol. The van der Waals surface area contributed by atoms with Crippen LogP contribution in [0.25, 0.3) is 10.1 Å². The molecule has 234 valence electrons. The number of hydrogen-bond donors (Lipinski definition) is 2. The van der Waals surface area contributed by atoms with Crippen LogP contribution < -0.4 is 19.7 Å². The molecule has 1 amide bonds. The summed E-state index contributed by atoms with van der Waals surface area (Å²) in [5, 5.41) is 20.8. The van der Waals surface area contributed by atoms with E-state index >= 15 is 0 Å². The first-order valence-electron chi connectivity index (χ1n) is 14.2. The molecule has 10 nitrogen and oxygen atoms in total. The van der Waals surface area contributed by atoms with Gasteiger partial charge in [0.05, 0.1) is 30.3 Å². The number of fused-ring (bicyclic) bond motifs is 1. The molecule has 0 radical (unpaired) electrons. The minimum absolute atomic E-state index is 0.331. The van der Waals surface area contributed by atoms with Gasteiger partial charge >= 0.3 is 12.1 Å². The van der Waals surface area contributed by atoms with E-state index in [0.29, 0.717) is 22.7 Å². The molecule has 0 saturated carbocycles. The number of aryl methyl sites for hydroxylation is 1. The van der Waals surface area contributed by atoms with Gasteiger partial charge in [0.1, 0.15) is 11.5 Å². The number of nitrogens with one attached hydrogen (secondary N) is 1. The second kappa shape index (κ2) is 15.6. The molecule has 3 aromatic carbocycles. The summed E-state index contributed by atoms with van der Waals surface area (Å²) in [6.45, 7) is 3.74. The van der Waals surface area contributed by atoms with Crippen molar-refractivity contribution in [1.82, 2.24) is 15.1 Å². The van der Waals surface area contributed by atoms with Gasteiger partial charge in [-0.2, -0.15) is 10.2 Å². The van der Waals surface area contributed by atoms with Gasteiger partial charge in [-0.15, -0.1) is 11.3 Å². The van der Waals surface area contributed by atoms with Crippen molar-refractivity contribution in [3.05, 3.63) is 107 Å². The number of aromatic nitrogens is 2. The van der Waals surface area contributed by atoms with Crippen molar-refractivity contribution >= 4 is 44.9 Å². The zero-order valence-electron chi connectivity index (χ0n) is 26.0. The smallest absolute Gasteiger partial charge is 0.417 e. The molecule has 0 atom stereocenters. The van der Waals surface area contributed by atoms with Gasteiger partial charge in [0.2, 0.25) is 0 Å². The van der Waals surface area contributed by atoms with Crippen LogP contribution in [0.2, 0.25) is 0 Å². The van der Waals surface area contributed by atoms with E-state index in [1.807, 2.05) is 37.2 Å². The lowest BCUT2D eigenvalue weighted by atomic mass is 10.1. The van der Waals surface area contributed by atoms with Crippen LogP contribution in [0.5, 0.6) is 11.5 Å². The van der Waals surface area contributed by atoms with Crippen LogP contribution in [0.4, 0.5) is 16.2 Å². The minimum Gasteiger partial charge on any atom is -0.497 e. The summed E-state index contributed by atoms with van der Waals surface area (Å²) < 4.78 is 11.8. The van der Waals surface area contributed by atoms with Crippen LogP contribution in [0.15, 0.2) is 85.1 Å². The highest BCUT2D eigenvalue weighted by atomic mass is 32.1. The molecule has 0 saturated heterocycles. The molecule has 0 aliphatic rings. The second-order valence-corrected chi connectivity index (χ2v) is 11.8. The maximum absolute atomic E-state index is 12.5. The SMILES string of the molecule is COc1cccc(OC(=O)Nc2ccc3sc(C)c(CCN(C)Cc4cc(N(C)C)cnn4)c3c2)c1.O=C(O)c1ccccc1. The first-order chi connectivity index (χ1) is 21.6. The molecule has 45 heavy (non-hydrogen) atoms. The number of carboxylic acid groups (broad SMARTS) is 1. The van der Waals surface area contributed by atoms with Crippen LogP contribution in [0, 0.1) is 6.92 Å². The molecule has 11 heteroatoms. The fraction of sp³-hybridized carbons (Fsp3) is 0.235. The van der Waals surface area contributed by atoms with Crippen LogP contribution in [-0.4, -0.2) is 67.1 Å². The van der Waals surface area contributed by atoms with Gasteiger partial charge in [-0.3, -0.25) is 5.32 Å². The largest absolute Gasteiger partial charge is 0.497 e. The van der Waals surface area contributed by atoms with Crippen LogP contribution in [0.3, 0.4) is 0 Å². The third-order valence-electron chi connectivity index (χ3n) is 6.89. The lowest BCUT2D eigenvalue weighted by molar-refractivity contribution is 0.0697. The lowest BCUT2D eigenvalue weighted by Crippen LogP contribution is -2.22. The fourth-order valence-electron chi connectivity index (χ4n) is 4.53. The monoisotopic (exact) mass is 627 g/mol. The number of nitrogens with zero attached hydrogens (tertiary/aromatic N) is 4. The Morgan fingerprint density at radius 2 is 1.71 bits per heavy atom. The van der Waals surface area contributed by atoms with E-state index in [0.717, 1.165) is 36.3 Å². The van der Waals surface area contributed by atoms with Crippen molar-refractivity contribution in [2.75, 3.05) is 45.0 Å². The second-order valence-electron chi connectivity index (χ2n) is 10.5. The van der Waals surface area contributed by atoms with E-state index in [1.165, 1.54) is 15.1 Å². The van der Waals surface area contributed by atoms with Crippen LogP contribution in [-0.2, 0) is 13.0 Å². The molecule has 5 aromatic rings. The van der Waals surface area contributed by atoms with Crippen molar-refractivity contribution in [3.63, 3.8) is 0 Å². The van der Waals surface area contributed by atoms with Crippen molar-refractivity contribution in [2.24, 2.45) is 0 Å². The number of rotatable bonds is 10. The number of carbonyl (C=O) groups is 2. The van der Waals surface area contributed by atoms with Crippen LogP contribution in [0.1, 0.15) is 26.5 Å². The van der Waals surface area contributed by atoms with Crippen LogP contribution >= 0.6 is 11.3 Å². The third kappa shape index (κ3) is 9.49. The highest BCUT2D eigenvalue weighted by molar-refractivity contribution is 7.19. The number of thiophene rings is 1. The molecular formula is C34H37N5O5S. The number of anilines is 2. The van der Waals surface area contributed by atoms with Gasteiger partial charge in [-0.1, -0.05) is 24.3 Å². The highest BCUT2D eigenvalue weighted by Crippen LogP contribution is 2.33. The van der Waals surface area contributed by atoms with Crippen molar-refractivity contribution in [3.8, 4) is 11.5 Å². The molecule has 0 bridgehead atoms. The minimum atomic E-state index is -0.879. The zero-order valence-corrected chi connectivity index (χ0v) is 26.8. The molecule has 0 unspecified atom stereocenters. The van der Waals surface area contributed by atoms with E-state index in [4.69, 9.17) is 14.6 Å². The predicted molar refractivity (Wildman–Crippen MR) is 179 cm³/mol. The summed E-state index contributed by atoms with van der Waals surface area (Å²) in [7, 11) is 7.66. The van der Waals surface area contributed by atoms with Gasteiger partial charge in [-0.05, 0) is 79.9 Å². The summed E-state index contributed by atoms with van der Waals surface area (Å²) in [5.41, 5.74) is 4.30. The first-order valence-corrected chi connectivity index (χ1v) is 15.0. The summed E-state index contributed by atoms with van der Waals surface area (Å²) >= 11 is 1.77. The van der Waals surface area contributed by atoms with Gasteiger partial charge < -0.3 is 24.4 Å². The lowest BCUT2D eigenvalue weighted by Gasteiger charge is -2.17. The number of ether oxygens (including phenoxy) is 2. The average Bonchev–Trinajstić information content (AvgIpc) is 3.34. The Bertz CT molecular complexity index is 1740. The standard InChI is InChI=1S/C27H31N5O3S.C7H6O2/c1-18-24(11-12-32(4)17-20-13-21(31(2)3)16-28-30-20)25-14-19(9-10-26(25)36-18)29-27(33)35-23-8-6-7-22(15-23)34-5;8-7(9)6-4-2-1-3-5-6/h6-10,13-16H,11-12,17H2,1-5H3,(H,29,33);1-5H,(H,8,9). The van der Waals surface area contributed by atoms with E-state index in [1.54, 1.807) is 79.2 Å².